The number of carbonyl (C=O) groups is 1. The molecule has 0 aromatic carbocycles. The van der Waals surface area contributed by atoms with E-state index in [0.717, 1.165) is 26.2 Å². The van der Waals surface area contributed by atoms with Gasteiger partial charge >= 0.3 is 0 Å². The Morgan fingerprint density at radius 2 is 2.13 bits per heavy atom. The summed E-state index contributed by atoms with van der Waals surface area (Å²) in [5.74, 6) is 0.117. The number of nitrogens with one attached hydrogen (secondary N) is 1. The molecule has 0 spiro atoms. The molecule has 2 aromatic heterocycles. The summed E-state index contributed by atoms with van der Waals surface area (Å²) in [4.78, 5) is 32.6. The Morgan fingerprint density at radius 1 is 1.35 bits per heavy atom. The third kappa shape index (κ3) is 3.75. The number of hydrogen-bond acceptors (Lipinski definition) is 5. The third-order valence-corrected chi connectivity index (χ3v) is 3.93. The van der Waals surface area contributed by atoms with E-state index >= 15 is 0 Å². The molecule has 23 heavy (non-hydrogen) atoms. The van der Waals surface area contributed by atoms with Gasteiger partial charge in [0.2, 0.25) is 5.91 Å². The van der Waals surface area contributed by atoms with Crippen LogP contribution in [0, 0.1) is 0 Å². The van der Waals surface area contributed by atoms with Crippen LogP contribution in [-0.4, -0.2) is 64.9 Å². The van der Waals surface area contributed by atoms with Gasteiger partial charge in [0.15, 0.2) is 0 Å². The predicted molar refractivity (Wildman–Crippen MR) is 87.2 cm³/mol. The predicted octanol–water partition coefficient (Wildman–Crippen LogP) is -0.442. The lowest BCUT2D eigenvalue weighted by Crippen LogP contribution is -2.49. The minimum atomic E-state index is -0.104. The van der Waals surface area contributed by atoms with E-state index in [4.69, 9.17) is 0 Å². The Hall–Kier alpha value is -2.25. The molecule has 0 radical (unpaired) electrons. The molecule has 1 aliphatic rings. The summed E-state index contributed by atoms with van der Waals surface area (Å²) in [6.07, 6.45) is 1.70. The highest BCUT2D eigenvalue weighted by Gasteiger charge is 2.18. The van der Waals surface area contributed by atoms with Crippen LogP contribution in [0.25, 0.3) is 5.65 Å². The van der Waals surface area contributed by atoms with Crippen molar-refractivity contribution in [2.45, 2.75) is 6.54 Å². The molecule has 3 rings (SSSR count). The van der Waals surface area contributed by atoms with Crippen molar-refractivity contribution < 1.29 is 4.79 Å². The number of hydrogen-bond donors (Lipinski definition) is 1. The van der Waals surface area contributed by atoms with Gasteiger partial charge in [-0.1, -0.05) is 6.07 Å². The fraction of sp³-hybridized carbons (Fsp3) is 0.438. The number of nitrogens with zero attached hydrogens (tertiary/aromatic N) is 4. The quantitative estimate of drug-likeness (QED) is 0.828. The molecule has 0 saturated carbocycles. The van der Waals surface area contributed by atoms with Crippen LogP contribution in [0.1, 0.15) is 5.69 Å². The smallest absolute Gasteiger partial charge is 0.258 e. The third-order valence-electron chi connectivity index (χ3n) is 3.93. The average Bonchev–Trinajstić information content (AvgIpc) is 2.55. The normalized spacial score (nSPS) is 15.3. The van der Waals surface area contributed by atoms with Gasteiger partial charge in [0.25, 0.3) is 5.56 Å². The Bertz CT molecular complexity index is 751. The topological polar surface area (TPSA) is 70.0 Å². The Labute approximate surface area is 134 Å². The van der Waals surface area contributed by atoms with Crippen molar-refractivity contribution in [2.24, 2.45) is 0 Å². The maximum Gasteiger partial charge on any atom is 0.258 e. The molecule has 1 N–H and O–H groups in total. The molecule has 1 amide bonds. The minimum absolute atomic E-state index is 0.104. The van der Waals surface area contributed by atoms with Gasteiger partial charge in [0.1, 0.15) is 5.65 Å². The molecule has 122 valence electrons. The number of fused-ring (bicyclic) bond motifs is 1. The van der Waals surface area contributed by atoms with E-state index in [1.54, 1.807) is 18.3 Å². The van der Waals surface area contributed by atoms with Crippen molar-refractivity contribution in [1.29, 1.82) is 0 Å². The molecule has 1 aliphatic heterocycles. The van der Waals surface area contributed by atoms with E-state index in [1.165, 1.54) is 10.5 Å². The molecule has 0 bridgehead atoms. The van der Waals surface area contributed by atoms with E-state index in [0.29, 0.717) is 24.4 Å². The van der Waals surface area contributed by atoms with Crippen LogP contribution in [0.4, 0.5) is 0 Å². The van der Waals surface area contributed by atoms with Crippen LogP contribution in [0.2, 0.25) is 0 Å². The van der Waals surface area contributed by atoms with Crippen LogP contribution in [0.3, 0.4) is 0 Å². The van der Waals surface area contributed by atoms with Gasteiger partial charge in [-0.2, -0.15) is 0 Å². The number of carbonyl (C=O) groups excluding carboxylic acids is 1. The molecule has 7 heteroatoms. The van der Waals surface area contributed by atoms with Crippen molar-refractivity contribution in [2.75, 3.05) is 39.8 Å². The number of likely N-dealkylation sites (N-methyl/N-ethyl adjacent to an activating group) is 1. The molecule has 0 unspecified atom stereocenters. The highest BCUT2D eigenvalue weighted by Crippen LogP contribution is 2.03. The fourth-order valence-corrected chi connectivity index (χ4v) is 2.76. The Balaban J connectivity index is 1.66. The largest absolute Gasteiger partial charge is 0.339 e. The van der Waals surface area contributed by atoms with Gasteiger partial charge in [-0.3, -0.25) is 18.9 Å². The molecular formula is C16H21N5O2. The standard InChI is InChI=1S/C16H21N5O2/c1-19(12-16(23)20-8-5-17-6-9-20)11-13-10-15(22)21-7-3-2-4-14(21)18-13/h2-4,7,10,17H,5-6,8-9,11-12H2,1H3. The summed E-state index contributed by atoms with van der Waals surface area (Å²) in [5, 5.41) is 3.23. The van der Waals surface area contributed by atoms with Gasteiger partial charge in [-0.25, -0.2) is 4.98 Å². The number of pyridine rings is 1. The van der Waals surface area contributed by atoms with Crippen LogP contribution in [0.5, 0.6) is 0 Å². The second-order valence-corrected chi connectivity index (χ2v) is 5.82. The van der Waals surface area contributed by atoms with Crippen molar-refractivity contribution in [3.8, 4) is 0 Å². The average molecular weight is 315 g/mol. The Kier molecular flexibility index (Phi) is 4.68. The second-order valence-electron chi connectivity index (χ2n) is 5.82. The summed E-state index contributed by atoms with van der Waals surface area (Å²) in [6.45, 7) is 4.00. The summed E-state index contributed by atoms with van der Waals surface area (Å²) < 4.78 is 1.51. The molecule has 2 aromatic rings. The zero-order valence-corrected chi connectivity index (χ0v) is 13.2. The lowest BCUT2D eigenvalue weighted by atomic mass is 10.3. The summed E-state index contributed by atoms with van der Waals surface area (Å²) >= 11 is 0. The fourth-order valence-electron chi connectivity index (χ4n) is 2.76. The second kappa shape index (κ2) is 6.89. The maximum atomic E-state index is 12.2. The lowest BCUT2D eigenvalue weighted by molar-refractivity contribution is -0.132. The summed E-state index contributed by atoms with van der Waals surface area (Å²) in [7, 11) is 1.87. The van der Waals surface area contributed by atoms with Crippen LogP contribution >= 0.6 is 0 Å². The SMILES string of the molecule is CN(CC(=O)N1CCNCC1)Cc1cc(=O)n2ccccc2n1. The van der Waals surface area contributed by atoms with E-state index in [2.05, 4.69) is 10.3 Å². The maximum absolute atomic E-state index is 12.2. The van der Waals surface area contributed by atoms with Gasteiger partial charge in [-0.05, 0) is 19.2 Å². The lowest BCUT2D eigenvalue weighted by Gasteiger charge is -2.29. The van der Waals surface area contributed by atoms with Crippen molar-refractivity contribution in [3.05, 3.63) is 46.5 Å². The molecule has 0 atom stereocenters. The van der Waals surface area contributed by atoms with Gasteiger partial charge in [0.05, 0.1) is 12.2 Å². The first-order valence-electron chi connectivity index (χ1n) is 7.78. The zero-order valence-electron chi connectivity index (χ0n) is 13.2. The van der Waals surface area contributed by atoms with Gasteiger partial charge in [0, 0.05) is 45.0 Å². The van der Waals surface area contributed by atoms with E-state index in [1.807, 2.05) is 22.9 Å². The van der Waals surface area contributed by atoms with E-state index in [-0.39, 0.29) is 11.5 Å². The summed E-state index contributed by atoms with van der Waals surface area (Å²) in [6, 6.07) is 6.98. The number of rotatable bonds is 4. The first-order valence-corrected chi connectivity index (χ1v) is 7.78. The van der Waals surface area contributed by atoms with Crippen molar-refractivity contribution >= 4 is 11.6 Å². The van der Waals surface area contributed by atoms with E-state index in [9.17, 15) is 9.59 Å². The minimum Gasteiger partial charge on any atom is -0.339 e. The number of aromatic nitrogens is 2. The highest BCUT2D eigenvalue weighted by atomic mass is 16.2. The molecular weight excluding hydrogens is 294 g/mol. The molecule has 1 fully saturated rings. The van der Waals surface area contributed by atoms with E-state index < -0.39 is 0 Å². The van der Waals surface area contributed by atoms with Crippen molar-refractivity contribution in [1.82, 2.24) is 24.5 Å². The first-order chi connectivity index (χ1) is 11.1. The van der Waals surface area contributed by atoms with Gasteiger partial charge in [-0.15, -0.1) is 0 Å². The molecule has 1 saturated heterocycles. The monoisotopic (exact) mass is 315 g/mol. The highest BCUT2D eigenvalue weighted by molar-refractivity contribution is 5.78. The first kappa shape index (κ1) is 15.6. The summed E-state index contributed by atoms with van der Waals surface area (Å²) in [5.41, 5.74) is 1.20. The number of piperazine rings is 1. The zero-order chi connectivity index (χ0) is 16.2. The molecule has 3 heterocycles. The molecule has 7 nitrogen and oxygen atoms in total. The van der Waals surface area contributed by atoms with Crippen molar-refractivity contribution in [3.63, 3.8) is 0 Å². The van der Waals surface area contributed by atoms with Crippen LogP contribution in [-0.2, 0) is 11.3 Å². The van der Waals surface area contributed by atoms with Crippen LogP contribution < -0.4 is 10.9 Å². The number of amides is 1. The Morgan fingerprint density at radius 3 is 2.91 bits per heavy atom. The van der Waals surface area contributed by atoms with Gasteiger partial charge < -0.3 is 10.2 Å². The van der Waals surface area contributed by atoms with Crippen LogP contribution in [0.15, 0.2) is 35.3 Å². The molecule has 0 aliphatic carbocycles.